The van der Waals surface area contributed by atoms with E-state index >= 15 is 0 Å². The van der Waals surface area contributed by atoms with E-state index in [1.165, 1.54) is 4.90 Å². The fraction of sp³-hybridized carbons (Fsp3) is 0.538. The van der Waals surface area contributed by atoms with E-state index in [9.17, 15) is 5.11 Å². The van der Waals surface area contributed by atoms with E-state index in [-0.39, 0.29) is 0 Å². The van der Waals surface area contributed by atoms with E-state index in [1.54, 1.807) is 18.7 Å². The van der Waals surface area contributed by atoms with Gasteiger partial charge in [0.2, 0.25) is 0 Å². The Kier molecular flexibility index (Phi) is 5.82. The van der Waals surface area contributed by atoms with E-state index < -0.39 is 5.60 Å². The Balaban J connectivity index is 2.43. The van der Waals surface area contributed by atoms with Crippen molar-refractivity contribution in [2.75, 3.05) is 26.0 Å². The average molecular weight is 255 g/mol. The first-order chi connectivity index (χ1) is 8.07. The number of nitrogens with one attached hydrogen (secondary N) is 1. The number of thioether (sulfide) groups is 1. The smallest absolute Gasteiger partial charge is 0.119 e. The van der Waals surface area contributed by atoms with Crippen LogP contribution in [0, 0.1) is 0 Å². The minimum Gasteiger partial charge on any atom is -0.491 e. The molecule has 0 spiro atoms. The Morgan fingerprint density at radius 1 is 1.35 bits per heavy atom. The van der Waals surface area contributed by atoms with E-state index in [4.69, 9.17) is 4.74 Å². The summed E-state index contributed by atoms with van der Waals surface area (Å²) in [5.74, 6) is 0.791. The van der Waals surface area contributed by atoms with Crippen LogP contribution < -0.4 is 10.1 Å². The van der Waals surface area contributed by atoms with E-state index in [1.807, 2.05) is 37.4 Å². The van der Waals surface area contributed by atoms with Crippen LogP contribution in [0.25, 0.3) is 0 Å². The van der Waals surface area contributed by atoms with Gasteiger partial charge in [0.15, 0.2) is 0 Å². The Morgan fingerprint density at radius 2 is 2.00 bits per heavy atom. The predicted molar refractivity (Wildman–Crippen MR) is 72.9 cm³/mol. The summed E-state index contributed by atoms with van der Waals surface area (Å²) in [7, 11) is 0. The van der Waals surface area contributed by atoms with E-state index in [2.05, 4.69) is 5.32 Å². The van der Waals surface area contributed by atoms with Crippen LogP contribution in [0.4, 0.5) is 0 Å². The van der Waals surface area contributed by atoms with Crippen molar-refractivity contribution >= 4 is 11.8 Å². The molecule has 96 valence electrons. The summed E-state index contributed by atoms with van der Waals surface area (Å²) < 4.78 is 5.57. The van der Waals surface area contributed by atoms with Gasteiger partial charge in [-0.1, -0.05) is 6.92 Å². The number of rotatable bonds is 7. The Morgan fingerprint density at radius 3 is 2.53 bits per heavy atom. The van der Waals surface area contributed by atoms with Gasteiger partial charge in [-0.2, -0.15) is 0 Å². The van der Waals surface area contributed by atoms with Gasteiger partial charge in [-0.25, -0.2) is 0 Å². The fourth-order valence-electron chi connectivity index (χ4n) is 1.36. The Labute approximate surface area is 108 Å². The van der Waals surface area contributed by atoms with Gasteiger partial charge >= 0.3 is 0 Å². The number of likely N-dealkylation sites (N-methyl/N-ethyl adjacent to an activating group) is 1. The molecule has 0 aliphatic heterocycles. The highest BCUT2D eigenvalue weighted by Crippen LogP contribution is 2.19. The third-order valence-electron chi connectivity index (χ3n) is 2.37. The molecule has 0 radical (unpaired) electrons. The van der Waals surface area contributed by atoms with Gasteiger partial charge in [-0.05, 0) is 44.0 Å². The van der Waals surface area contributed by atoms with Gasteiger partial charge in [-0.15, -0.1) is 11.8 Å². The molecule has 3 nitrogen and oxygen atoms in total. The zero-order chi connectivity index (χ0) is 12.7. The predicted octanol–water partition coefficient (Wildman–Crippen LogP) is 2.15. The van der Waals surface area contributed by atoms with Gasteiger partial charge in [0.1, 0.15) is 18.0 Å². The van der Waals surface area contributed by atoms with Crippen molar-refractivity contribution in [3.05, 3.63) is 24.3 Å². The maximum atomic E-state index is 10.0. The largest absolute Gasteiger partial charge is 0.491 e. The Bertz CT molecular complexity index is 325. The molecule has 0 aromatic heterocycles. The van der Waals surface area contributed by atoms with Crippen LogP contribution in [0.3, 0.4) is 0 Å². The minimum absolute atomic E-state index is 0.290. The highest BCUT2D eigenvalue weighted by molar-refractivity contribution is 7.98. The van der Waals surface area contributed by atoms with Crippen molar-refractivity contribution in [3.63, 3.8) is 0 Å². The van der Waals surface area contributed by atoms with Crippen molar-refractivity contribution in [2.24, 2.45) is 0 Å². The number of aliphatic hydroxyl groups is 1. The maximum Gasteiger partial charge on any atom is 0.119 e. The van der Waals surface area contributed by atoms with Gasteiger partial charge in [0, 0.05) is 11.4 Å². The lowest BCUT2D eigenvalue weighted by molar-refractivity contribution is 0.0127. The first kappa shape index (κ1) is 14.4. The second-order valence-corrected chi connectivity index (χ2v) is 5.12. The van der Waals surface area contributed by atoms with Crippen LogP contribution in [-0.4, -0.2) is 36.7 Å². The molecule has 1 atom stereocenters. The molecule has 0 saturated heterocycles. The van der Waals surface area contributed by atoms with Gasteiger partial charge < -0.3 is 15.2 Å². The first-order valence-electron chi connectivity index (χ1n) is 5.77. The Hall–Kier alpha value is -0.710. The van der Waals surface area contributed by atoms with Crippen LogP contribution in [0.1, 0.15) is 13.8 Å². The maximum absolute atomic E-state index is 10.0. The number of hydrogen-bond acceptors (Lipinski definition) is 4. The van der Waals surface area contributed by atoms with Crippen molar-refractivity contribution in [1.82, 2.24) is 5.32 Å². The second-order valence-electron chi connectivity index (χ2n) is 4.24. The van der Waals surface area contributed by atoms with Crippen molar-refractivity contribution in [3.8, 4) is 5.75 Å². The van der Waals surface area contributed by atoms with Gasteiger partial charge in [0.05, 0.1) is 0 Å². The average Bonchev–Trinajstić information content (AvgIpc) is 2.35. The van der Waals surface area contributed by atoms with Crippen LogP contribution in [0.15, 0.2) is 29.2 Å². The molecule has 0 aliphatic rings. The summed E-state index contributed by atoms with van der Waals surface area (Å²) in [5, 5.41) is 13.1. The standard InChI is InChI=1S/C13H21NO2S/c1-4-14-9-13(2,15)10-16-11-5-7-12(17-3)8-6-11/h5-8,14-15H,4,9-10H2,1-3H3. The molecule has 0 amide bonds. The molecule has 0 saturated carbocycles. The summed E-state index contributed by atoms with van der Waals surface area (Å²) in [6.07, 6.45) is 2.04. The second kappa shape index (κ2) is 6.89. The lowest BCUT2D eigenvalue weighted by atomic mass is 10.1. The third-order valence-corrected chi connectivity index (χ3v) is 3.11. The first-order valence-corrected chi connectivity index (χ1v) is 7.00. The quantitative estimate of drug-likeness (QED) is 0.733. The molecule has 0 fully saturated rings. The number of ether oxygens (including phenoxy) is 1. The molecule has 1 aromatic rings. The highest BCUT2D eigenvalue weighted by Gasteiger charge is 2.20. The molecule has 2 N–H and O–H groups in total. The monoisotopic (exact) mass is 255 g/mol. The van der Waals surface area contributed by atoms with E-state index in [0.717, 1.165) is 12.3 Å². The number of benzene rings is 1. The van der Waals surface area contributed by atoms with Crippen LogP contribution >= 0.6 is 11.8 Å². The molecule has 4 heteroatoms. The van der Waals surface area contributed by atoms with E-state index in [0.29, 0.717) is 13.2 Å². The molecule has 0 aliphatic carbocycles. The SMILES string of the molecule is CCNCC(C)(O)COc1ccc(SC)cc1. The van der Waals surface area contributed by atoms with Gasteiger partial charge in [-0.3, -0.25) is 0 Å². The zero-order valence-electron chi connectivity index (χ0n) is 10.7. The summed E-state index contributed by atoms with van der Waals surface area (Å²) in [6.45, 7) is 5.45. The third kappa shape index (κ3) is 5.44. The van der Waals surface area contributed by atoms with Crippen molar-refractivity contribution in [1.29, 1.82) is 0 Å². The topological polar surface area (TPSA) is 41.5 Å². The number of hydrogen-bond donors (Lipinski definition) is 2. The molecular weight excluding hydrogens is 234 g/mol. The molecule has 0 heterocycles. The molecule has 0 bridgehead atoms. The molecule has 17 heavy (non-hydrogen) atoms. The summed E-state index contributed by atoms with van der Waals surface area (Å²) in [6, 6.07) is 7.88. The molecule has 1 unspecified atom stereocenters. The molecule has 1 rings (SSSR count). The van der Waals surface area contributed by atoms with Crippen molar-refractivity contribution < 1.29 is 9.84 Å². The van der Waals surface area contributed by atoms with Crippen LogP contribution in [-0.2, 0) is 0 Å². The lowest BCUT2D eigenvalue weighted by Crippen LogP contribution is -2.42. The molecule has 1 aromatic carbocycles. The summed E-state index contributed by atoms with van der Waals surface area (Å²) in [4.78, 5) is 1.21. The zero-order valence-corrected chi connectivity index (χ0v) is 11.5. The van der Waals surface area contributed by atoms with Crippen LogP contribution in [0.2, 0.25) is 0 Å². The van der Waals surface area contributed by atoms with Crippen LogP contribution in [0.5, 0.6) is 5.75 Å². The summed E-state index contributed by atoms with van der Waals surface area (Å²) in [5.41, 5.74) is -0.839. The summed E-state index contributed by atoms with van der Waals surface area (Å²) >= 11 is 1.70. The molecular formula is C13H21NO2S. The lowest BCUT2D eigenvalue weighted by Gasteiger charge is -2.23. The fourth-order valence-corrected chi connectivity index (χ4v) is 1.76. The van der Waals surface area contributed by atoms with Gasteiger partial charge in [0.25, 0.3) is 0 Å². The normalized spacial score (nSPS) is 14.4. The van der Waals surface area contributed by atoms with Crippen molar-refractivity contribution in [2.45, 2.75) is 24.3 Å². The minimum atomic E-state index is -0.839. The highest BCUT2D eigenvalue weighted by atomic mass is 32.2.